The van der Waals surface area contributed by atoms with Crippen LogP contribution in [0.1, 0.15) is 30.0 Å². The highest BCUT2D eigenvalue weighted by molar-refractivity contribution is 5.67. The Bertz CT molecular complexity index is 920. The zero-order valence-electron chi connectivity index (χ0n) is 14.8. The number of para-hydroxylation sites is 1. The molecule has 0 radical (unpaired) electrons. The van der Waals surface area contributed by atoms with Crippen molar-refractivity contribution in [3.8, 4) is 16.9 Å². The quantitative estimate of drug-likeness (QED) is 0.715. The molecule has 2 heterocycles. The van der Waals surface area contributed by atoms with Gasteiger partial charge in [0.15, 0.2) is 0 Å². The van der Waals surface area contributed by atoms with Crippen molar-refractivity contribution < 1.29 is 13.9 Å². The van der Waals surface area contributed by atoms with Gasteiger partial charge >= 0.3 is 0 Å². The first-order valence-electron chi connectivity index (χ1n) is 9.10. The van der Waals surface area contributed by atoms with Crippen molar-refractivity contribution in [2.45, 2.75) is 25.3 Å². The monoisotopic (exact) mass is 369 g/mol. The van der Waals surface area contributed by atoms with Crippen LogP contribution >= 0.6 is 0 Å². The lowest BCUT2D eigenvalue weighted by molar-refractivity contribution is 0.197. The average molecular weight is 369 g/mol. The predicted octanol–water partition coefficient (Wildman–Crippen LogP) is 4.44. The molecule has 1 saturated heterocycles. The second-order valence-electron chi connectivity index (χ2n) is 7.00. The molecule has 3 aromatic rings. The average Bonchev–Trinajstić information content (AvgIpc) is 3.13. The number of nitrogens with zero attached hydrogens (tertiary/aromatic N) is 2. The number of piperidine rings is 1. The molecule has 4 nitrogen and oxygen atoms in total. The van der Waals surface area contributed by atoms with Crippen LogP contribution in [0.3, 0.4) is 0 Å². The van der Waals surface area contributed by atoms with E-state index in [1.807, 2.05) is 12.1 Å². The van der Waals surface area contributed by atoms with Gasteiger partial charge in [-0.15, -0.1) is 0 Å². The number of aromatic hydroxyl groups is 1. The number of halogens is 2. The molecule has 0 unspecified atom stereocenters. The molecule has 0 saturated carbocycles. The molecule has 0 spiro atoms. The molecule has 1 aliphatic heterocycles. The largest absolute Gasteiger partial charge is 0.508 e. The van der Waals surface area contributed by atoms with Crippen LogP contribution in [0.15, 0.2) is 48.7 Å². The molecule has 0 bridgehead atoms. The lowest BCUT2D eigenvalue weighted by Gasteiger charge is -2.32. The van der Waals surface area contributed by atoms with E-state index >= 15 is 0 Å². The summed E-state index contributed by atoms with van der Waals surface area (Å²) in [6.45, 7) is 2.29. The van der Waals surface area contributed by atoms with Crippen LogP contribution in [0.25, 0.3) is 11.1 Å². The summed E-state index contributed by atoms with van der Waals surface area (Å²) in [6.07, 6.45) is 3.39. The lowest BCUT2D eigenvalue weighted by atomic mass is 9.90. The summed E-state index contributed by atoms with van der Waals surface area (Å²) in [4.78, 5) is 2.26. The smallest absolute Gasteiger partial charge is 0.134 e. The molecule has 140 valence electrons. The number of benzene rings is 2. The zero-order valence-corrected chi connectivity index (χ0v) is 14.8. The van der Waals surface area contributed by atoms with Gasteiger partial charge in [-0.2, -0.15) is 5.10 Å². The SMILES string of the molecule is Oc1ccccc1CN1CCC[C@@H](c2[nH]ncc2-c2c(F)cccc2F)C1. The van der Waals surface area contributed by atoms with Gasteiger partial charge in [-0.05, 0) is 37.6 Å². The number of likely N-dealkylation sites (tertiary alicyclic amines) is 1. The summed E-state index contributed by atoms with van der Waals surface area (Å²) < 4.78 is 28.5. The van der Waals surface area contributed by atoms with E-state index in [1.54, 1.807) is 12.1 Å². The lowest BCUT2D eigenvalue weighted by Crippen LogP contribution is -2.34. The van der Waals surface area contributed by atoms with E-state index in [2.05, 4.69) is 15.1 Å². The molecule has 1 fully saturated rings. The van der Waals surface area contributed by atoms with Crippen LogP contribution < -0.4 is 0 Å². The molecule has 1 atom stereocenters. The van der Waals surface area contributed by atoms with Crippen LogP contribution in [0.2, 0.25) is 0 Å². The Balaban J connectivity index is 1.58. The Kier molecular flexibility index (Phi) is 4.90. The van der Waals surface area contributed by atoms with Crippen LogP contribution in [0.4, 0.5) is 8.78 Å². The summed E-state index contributed by atoms with van der Waals surface area (Å²) in [5.74, 6) is -0.782. The van der Waals surface area contributed by atoms with Crippen molar-refractivity contribution in [3.63, 3.8) is 0 Å². The highest BCUT2D eigenvalue weighted by atomic mass is 19.1. The first-order chi connectivity index (χ1) is 13.1. The minimum absolute atomic E-state index is 0.0286. The number of phenols is 1. The van der Waals surface area contributed by atoms with Crippen molar-refractivity contribution in [2.75, 3.05) is 13.1 Å². The Morgan fingerprint density at radius 3 is 2.67 bits per heavy atom. The van der Waals surface area contributed by atoms with Crippen molar-refractivity contribution in [1.29, 1.82) is 0 Å². The van der Waals surface area contributed by atoms with Crippen molar-refractivity contribution in [2.24, 2.45) is 0 Å². The van der Waals surface area contributed by atoms with Crippen molar-refractivity contribution in [3.05, 3.63) is 71.6 Å². The van der Waals surface area contributed by atoms with E-state index in [0.717, 1.165) is 37.2 Å². The number of hydrogen-bond donors (Lipinski definition) is 2. The molecule has 6 heteroatoms. The van der Waals surface area contributed by atoms with Crippen LogP contribution in [0.5, 0.6) is 5.75 Å². The third-order valence-electron chi connectivity index (χ3n) is 5.20. The molecule has 1 aliphatic rings. The Morgan fingerprint density at radius 1 is 1.11 bits per heavy atom. The van der Waals surface area contributed by atoms with Gasteiger partial charge in [0.25, 0.3) is 0 Å². The van der Waals surface area contributed by atoms with Crippen LogP contribution in [-0.2, 0) is 6.54 Å². The molecular formula is C21H21F2N3O. The third kappa shape index (κ3) is 3.57. The van der Waals surface area contributed by atoms with Gasteiger partial charge in [0.1, 0.15) is 17.4 Å². The molecular weight excluding hydrogens is 348 g/mol. The maximum Gasteiger partial charge on any atom is 0.134 e. The first kappa shape index (κ1) is 17.7. The van der Waals surface area contributed by atoms with Gasteiger partial charge in [-0.1, -0.05) is 24.3 Å². The summed E-state index contributed by atoms with van der Waals surface area (Å²) in [7, 11) is 0. The van der Waals surface area contributed by atoms with E-state index in [9.17, 15) is 13.9 Å². The minimum atomic E-state index is -0.584. The van der Waals surface area contributed by atoms with E-state index < -0.39 is 11.6 Å². The highest BCUT2D eigenvalue weighted by Crippen LogP contribution is 2.36. The van der Waals surface area contributed by atoms with Gasteiger partial charge in [0.2, 0.25) is 0 Å². The second-order valence-corrected chi connectivity index (χ2v) is 7.00. The minimum Gasteiger partial charge on any atom is -0.508 e. The number of rotatable bonds is 4. The van der Waals surface area contributed by atoms with Gasteiger partial charge < -0.3 is 5.11 Å². The summed E-state index contributed by atoms with van der Waals surface area (Å²) in [5, 5.41) is 17.0. The van der Waals surface area contributed by atoms with E-state index in [0.29, 0.717) is 12.1 Å². The Hall–Kier alpha value is -2.73. The molecule has 0 aliphatic carbocycles. The topological polar surface area (TPSA) is 52.1 Å². The van der Waals surface area contributed by atoms with Gasteiger partial charge in [-0.3, -0.25) is 10.00 Å². The maximum atomic E-state index is 14.2. The normalized spacial score (nSPS) is 17.9. The highest BCUT2D eigenvalue weighted by Gasteiger charge is 2.27. The Morgan fingerprint density at radius 2 is 1.89 bits per heavy atom. The van der Waals surface area contributed by atoms with Gasteiger partial charge in [0, 0.05) is 35.8 Å². The summed E-state index contributed by atoms with van der Waals surface area (Å²) in [6, 6.07) is 11.2. The van der Waals surface area contributed by atoms with Crippen molar-refractivity contribution in [1.82, 2.24) is 15.1 Å². The second kappa shape index (κ2) is 7.48. The summed E-state index contributed by atoms with van der Waals surface area (Å²) in [5.41, 5.74) is 2.10. The fourth-order valence-corrected chi connectivity index (χ4v) is 3.88. The number of hydrogen-bond acceptors (Lipinski definition) is 3. The first-order valence-corrected chi connectivity index (χ1v) is 9.10. The van der Waals surface area contributed by atoms with Gasteiger partial charge in [-0.25, -0.2) is 8.78 Å². The number of nitrogens with one attached hydrogen (secondary N) is 1. The van der Waals surface area contributed by atoms with Gasteiger partial charge in [0.05, 0.1) is 11.8 Å². The van der Waals surface area contributed by atoms with Crippen molar-refractivity contribution >= 4 is 0 Å². The van der Waals surface area contributed by atoms with Crippen LogP contribution in [-0.4, -0.2) is 33.3 Å². The van der Waals surface area contributed by atoms with E-state index in [4.69, 9.17) is 0 Å². The number of H-pyrrole nitrogens is 1. The van der Waals surface area contributed by atoms with Crippen LogP contribution in [0, 0.1) is 11.6 Å². The molecule has 2 aromatic carbocycles. The van der Waals surface area contributed by atoms with E-state index in [1.165, 1.54) is 24.4 Å². The third-order valence-corrected chi connectivity index (χ3v) is 5.20. The molecule has 4 rings (SSSR count). The fourth-order valence-electron chi connectivity index (χ4n) is 3.88. The number of aromatic nitrogens is 2. The standard InChI is InChI=1S/C21H21F2N3O/c22-17-7-3-8-18(23)20(17)16-11-24-25-21(16)15-6-4-10-26(13-15)12-14-5-1-2-9-19(14)27/h1-3,5,7-9,11,15,27H,4,6,10,12-13H2,(H,24,25)/t15-/m1/s1. The zero-order chi connectivity index (χ0) is 18.8. The van der Waals surface area contributed by atoms with E-state index in [-0.39, 0.29) is 17.2 Å². The molecule has 27 heavy (non-hydrogen) atoms. The molecule has 2 N–H and O–H groups in total. The molecule has 0 amide bonds. The molecule has 1 aromatic heterocycles. The Labute approximate surface area is 156 Å². The predicted molar refractivity (Wildman–Crippen MR) is 99.3 cm³/mol. The maximum absolute atomic E-state index is 14.2. The number of aromatic amines is 1. The summed E-state index contributed by atoms with van der Waals surface area (Å²) >= 11 is 0. The number of phenolic OH excluding ortho intramolecular Hbond substituents is 1. The fraction of sp³-hybridized carbons (Fsp3) is 0.286.